The molecule has 1 aliphatic carbocycles. The number of allylic oxidation sites excluding steroid dienone is 3. The van der Waals surface area contributed by atoms with Crippen LogP contribution in [-0.4, -0.2) is 0 Å². The van der Waals surface area contributed by atoms with Crippen molar-refractivity contribution in [2.24, 2.45) is 0 Å². The maximum absolute atomic E-state index is 3.62. The van der Waals surface area contributed by atoms with E-state index in [0.29, 0.717) is 0 Å². The van der Waals surface area contributed by atoms with Crippen molar-refractivity contribution in [1.29, 1.82) is 0 Å². The molecule has 5 heavy (non-hydrogen) atoms. The topological polar surface area (TPSA) is 0 Å². The van der Waals surface area contributed by atoms with E-state index in [1.165, 1.54) is 0 Å². The lowest BCUT2D eigenvalue weighted by molar-refractivity contribution is 1.49. The summed E-state index contributed by atoms with van der Waals surface area (Å²) in [5, 5.41) is 0. The highest BCUT2D eigenvalue weighted by molar-refractivity contribution is 5.39. The fourth-order valence-corrected chi connectivity index (χ4v) is 0.232. The van der Waals surface area contributed by atoms with Crippen molar-refractivity contribution >= 4 is 0 Å². The lowest BCUT2D eigenvalue weighted by Gasteiger charge is -1.99. The van der Waals surface area contributed by atoms with Crippen molar-refractivity contribution in [3.05, 3.63) is 30.7 Å². The van der Waals surface area contributed by atoms with Crippen molar-refractivity contribution in [2.75, 3.05) is 0 Å². The van der Waals surface area contributed by atoms with Gasteiger partial charge in [-0.3, -0.25) is 0 Å². The Bertz CT molecular complexity index is 78.0. The zero-order valence-corrected chi connectivity index (χ0v) is 2.94. The summed E-state index contributed by atoms with van der Waals surface area (Å²) in [6.45, 7) is 3.62. The van der Waals surface area contributed by atoms with E-state index in [0.717, 1.165) is 5.57 Å². The zero-order valence-electron chi connectivity index (χ0n) is 2.94. The minimum absolute atomic E-state index is 1.13. The van der Waals surface area contributed by atoms with Gasteiger partial charge in [0.15, 0.2) is 0 Å². The monoisotopic (exact) mass is 65.0 g/mol. The van der Waals surface area contributed by atoms with Gasteiger partial charge in [-0.2, -0.15) is 0 Å². The Balaban J connectivity index is 2.71. The van der Waals surface area contributed by atoms with E-state index in [-0.39, 0.29) is 0 Å². The molecule has 0 aromatic carbocycles. The standard InChI is InChI=1S/C5H5/c1-5-3-2-4-5/h2-4H,1H2. The van der Waals surface area contributed by atoms with Gasteiger partial charge in [-0.05, 0) is 5.57 Å². The summed E-state index contributed by atoms with van der Waals surface area (Å²) in [6, 6.07) is 0. The van der Waals surface area contributed by atoms with E-state index < -0.39 is 0 Å². The van der Waals surface area contributed by atoms with Crippen LogP contribution in [-0.2, 0) is 0 Å². The quantitative estimate of drug-likeness (QED) is 0.399. The molecule has 0 nitrogen and oxygen atoms in total. The van der Waals surface area contributed by atoms with E-state index in [9.17, 15) is 0 Å². The van der Waals surface area contributed by atoms with Crippen LogP contribution in [0.1, 0.15) is 0 Å². The van der Waals surface area contributed by atoms with E-state index >= 15 is 0 Å². The molecular weight excluding hydrogens is 60.1 g/mol. The summed E-state index contributed by atoms with van der Waals surface area (Å²) in [6.07, 6.45) is 5.92. The summed E-state index contributed by atoms with van der Waals surface area (Å²) in [4.78, 5) is 0. The van der Waals surface area contributed by atoms with Gasteiger partial charge in [-0.15, -0.1) is 0 Å². The largest absolute Gasteiger partial charge is 0.0952 e. The maximum atomic E-state index is 3.62. The molecule has 0 atom stereocenters. The Morgan fingerprint density at radius 2 is 2.00 bits per heavy atom. The smallest absolute Gasteiger partial charge is 0.0119 e. The normalized spacial score (nSPS) is 18.8. The predicted molar refractivity (Wildman–Crippen MR) is 22.6 cm³/mol. The second kappa shape index (κ2) is 0.713. The third kappa shape index (κ3) is 0.254. The first-order valence-corrected chi connectivity index (χ1v) is 1.60. The van der Waals surface area contributed by atoms with Crippen molar-refractivity contribution < 1.29 is 0 Å². The van der Waals surface area contributed by atoms with E-state index in [1.54, 1.807) is 0 Å². The summed E-state index contributed by atoms with van der Waals surface area (Å²) in [5.74, 6) is 0. The van der Waals surface area contributed by atoms with Crippen LogP contribution in [0.2, 0.25) is 0 Å². The molecule has 0 heteroatoms. The predicted octanol–water partition coefficient (Wildman–Crippen LogP) is 1.32. The summed E-state index contributed by atoms with van der Waals surface area (Å²) in [7, 11) is 0. The number of hydrogen-bond donors (Lipinski definition) is 0. The molecule has 0 saturated heterocycles. The van der Waals surface area contributed by atoms with Gasteiger partial charge in [0.05, 0.1) is 0 Å². The Morgan fingerprint density at radius 1 is 1.60 bits per heavy atom. The SMILES string of the molecule is C=C1[CH]C=C1. The lowest BCUT2D eigenvalue weighted by atomic mass is 10.1. The highest BCUT2D eigenvalue weighted by Gasteiger charge is 1.90. The molecule has 0 heterocycles. The fraction of sp³-hybridized carbons (Fsp3) is 0. The summed E-state index contributed by atoms with van der Waals surface area (Å²) < 4.78 is 0. The van der Waals surface area contributed by atoms with Gasteiger partial charge in [0, 0.05) is 6.42 Å². The summed E-state index contributed by atoms with van der Waals surface area (Å²) >= 11 is 0. The Labute approximate surface area is 31.8 Å². The van der Waals surface area contributed by atoms with E-state index in [2.05, 4.69) is 6.58 Å². The van der Waals surface area contributed by atoms with Crippen LogP contribution in [0.5, 0.6) is 0 Å². The minimum atomic E-state index is 1.13. The molecule has 0 N–H and O–H groups in total. The van der Waals surface area contributed by atoms with Gasteiger partial charge < -0.3 is 0 Å². The molecule has 0 saturated carbocycles. The fourth-order valence-electron chi connectivity index (χ4n) is 0.232. The average molecular weight is 65.1 g/mol. The molecule has 0 fully saturated rings. The van der Waals surface area contributed by atoms with Crippen LogP contribution in [0, 0.1) is 6.42 Å². The van der Waals surface area contributed by atoms with Crippen LogP contribution in [0.3, 0.4) is 0 Å². The summed E-state index contributed by atoms with van der Waals surface area (Å²) in [5.41, 5.74) is 1.13. The first-order valence-electron chi connectivity index (χ1n) is 1.60. The highest BCUT2D eigenvalue weighted by atomic mass is 14.0. The Hall–Kier alpha value is -0.520. The third-order valence-corrected chi connectivity index (χ3v) is 0.621. The molecule has 0 bridgehead atoms. The third-order valence-electron chi connectivity index (χ3n) is 0.621. The highest BCUT2D eigenvalue weighted by Crippen LogP contribution is 2.08. The molecular formula is C5H5. The molecule has 0 aromatic heterocycles. The van der Waals surface area contributed by atoms with Crippen molar-refractivity contribution in [1.82, 2.24) is 0 Å². The second-order valence-electron chi connectivity index (χ2n) is 1.10. The van der Waals surface area contributed by atoms with Crippen molar-refractivity contribution in [3.8, 4) is 0 Å². The van der Waals surface area contributed by atoms with Gasteiger partial charge in [-0.25, -0.2) is 0 Å². The lowest BCUT2D eigenvalue weighted by Crippen LogP contribution is -1.81. The molecule has 1 aliphatic rings. The molecule has 0 unspecified atom stereocenters. The molecule has 0 aliphatic heterocycles. The first-order chi connectivity index (χ1) is 2.39. The van der Waals surface area contributed by atoms with E-state index in [4.69, 9.17) is 0 Å². The molecule has 0 amide bonds. The van der Waals surface area contributed by atoms with Gasteiger partial charge in [0.1, 0.15) is 0 Å². The van der Waals surface area contributed by atoms with Crippen LogP contribution in [0.15, 0.2) is 24.3 Å². The van der Waals surface area contributed by atoms with Gasteiger partial charge in [0.2, 0.25) is 0 Å². The van der Waals surface area contributed by atoms with Gasteiger partial charge in [0.25, 0.3) is 0 Å². The number of rotatable bonds is 0. The maximum Gasteiger partial charge on any atom is 0.0119 e. The van der Waals surface area contributed by atoms with Gasteiger partial charge >= 0.3 is 0 Å². The second-order valence-corrected chi connectivity index (χ2v) is 1.10. The first kappa shape index (κ1) is 2.70. The minimum Gasteiger partial charge on any atom is -0.0952 e. The molecule has 0 aromatic rings. The van der Waals surface area contributed by atoms with Crippen molar-refractivity contribution in [3.63, 3.8) is 0 Å². The molecule has 25 valence electrons. The molecule has 1 radical (unpaired) electrons. The van der Waals surface area contributed by atoms with Crippen LogP contribution >= 0.6 is 0 Å². The van der Waals surface area contributed by atoms with Crippen LogP contribution in [0.4, 0.5) is 0 Å². The Kier molecular flexibility index (Phi) is 0.385. The van der Waals surface area contributed by atoms with Gasteiger partial charge in [-0.1, -0.05) is 18.7 Å². The Morgan fingerprint density at radius 3 is 2.00 bits per heavy atom. The zero-order chi connectivity index (χ0) is 3.70. The average Bonchev–Trinajstić information content (AvgIpc) is 1.30. The van der Waals surface area contributed by atoms with E-state index in [1.807, 2.05) is 18.6 Å². The molecule has 1 rings (SSSR count). The van der Waals surface area contributed by atoms with Crippen LogP contribution in [0.25, 0.3) is 0 Å². The number of hydrogen-bond acceptors (Lipinski definition) is 0. The van der Waals surface area contributed by atoms with Crippen molar-refractivity contribution in [2.45, 2.75) is 0 Å². The van der Waals surface area contributed by atoms with Crippen LogP contribution < -0.4 is 0 Å². The molecule has 0 spiro atoms.